The average Bonchev–Trinajstić information content (AvgIpc) is 3.35. The molecule has 1 amide bonds. The highest BCUT2D eigenvalue weighted by Crippen LogP contribution is 2.48. The SMILES string of the molecule is O=C(CCc1cccc(Cl)c1F)[C@@H]1C[C@H]2C[C@H]2N1C(=O)Cn1cc(C(=O)C(F)(F)F)c2ccccc21. The number of likely N-dealkylation sites (tertiary alicyclic amines) is 1. The first-order valence-electron chi connectivity index (χ1n) is 11.5. The van der Waals surface area contributed by atoms with Crippen LogP contribution in [-0.4, -0.2) is 45.2 Å². The molecule has 1 aromatic heterocycles. The number of alkyl halides is 3. The van der Waals surface area contributed by atoms with Crippen molar-refractivity contribution in [1.82, 2.24) is 9.47 Å². The molecular formula is C26H21ClF4N2O3. The van der Waals surface area contributed by atoms with Crippen molar-refractivity contribution in [1.29, 1.82) is 0 Å². The van der Waals surface area contributed by atoms with Crippen LogP contribution >= 0.6 is 11.6 Å². The second kappa shape index (κ2) is 9.03. The van der Waals surface area contributed by atoms with Crippen LogP contribution in [0.2, 0.25) is 5.02 Å². The van der Waals surface area contributed by atoms with Gasteiger partial charge in [-0.15, -0.1) is 0 Å². The highest BCUT2D eigenvalue weighted by atomic mass is 35.5. The molecule has 3 aromatic rings. The maximum absolute atomic E-state index is 14.2. The van der Waals surface area contributed by atoms with Crippen LogP contribution in [0.1, 0.15) is 35.2 Å². The quantitative estimate of drug-likeness (QED) is 0.311. The number of piperidine rings is 1. The van der Waals surface area contributed by atoms with Gasteiger partial charge in [0.2, 0.25) is 5.91 Å². The van der Waals surface area contributed by atoms with E-state index in [1.54, 1.807) is 24.3 Å². The van der Waals surface area contributed by atoms with Crippen LogP contribution in [0.5, 0.6) is 0 Å². The summed E-state index contributed by atoms with van der Waals surface area (Å²) < 4.78 is 54.9. The van der Waals surface area contributed by atoms with Crippen LogP contribution in [0, 0.1) is 11.7 Å². The summed E-state index contributed by atoms with van der Waals surface area (Å²) in [5, 5.41) is 0.0794. The van der Waals surface area contributed by atoms with Gasteiger partial charge in [0.1, 0.15) is 12.4 Å². The molecule has 2 fully saturated rings. The van der Waals surface area contributed by atoms with E-state index < -0.39 is 35.3 Å². The van der Waals surface area contributed by atoms with Crippen LogP contribution in [0.4, 0.5) is 17.6 Å². The molecule has 188 valence electrons. The average molecular weight is 521 g/mol. The van der Waals surface area contributed by atoms with Gasteiger partial charge in [0.25, 0.3) is 5.78 Å². The maximum Gasteiger partial charge on any atom is 0.454 e. The van der Waals surface area contributed by atoms with Crippen LogP contribution < -0.4 is 0 Å². The Labute approximate surface area is 208 Å². The Bertz CT molecular complexity index is 1380. The van der Waals surface area contributed by atoms with E-state index in [9.17, 15) is 31.9 Å². The van der Waals surface area contributed by atoms with Gasteiger partial charge in [-0.3, -0.25) is 14.4 Å². The number of carbonyl (C=O) groups excluding carboxylic acids is 3. The first-order valence-corrected chi connectivity index (χ1v) is 11.9. The molecule has 0 unspecified atom stereocenters. The van der Waals surface area contributed by atoms with Gasteiger partial charge in [0.05, 0.1) is 16.6 Å². The highest BCUT2D eigenvalue weighted by Gasteiger charge is 2.55. The Hall–Kier alpha value is -3.20. The lowest BCUT2D eigenvalue weighted by atomic mass is 10.00. The summed E-state index contributed by atoms with van der Waals surface area (Å²) in [5.74, 6) is -2.94. The van der Waals surface area contributed by atoms with E-state index in [0.717, 1.165) is 12.6 Å². The Balaban J connectivity index is 1.35. The molecule has 1 saturated heterocycles. The van der Waals surface area contributed by atoms with Gasteiger partial charge < -0.3 is 9.47 Å². The number of fused-ring (bicyclic) bond motifs is 2. The number of ketones is 2. The minimum Gasteiger partial charge on any atom is -0.337 e. The molecule has 3 atom stereocenters. The molecular weight excluding hydrogens is 500 g/mol. The predicted molar refractivity (Wildman–Crippen MR) is 124 cm³/mol. The van der Waals surface area contributed by atoms with Gasteiger partial charge >= 0.3 is 6.18 Å². The third kappa shape index (κ3) is 4.40. The van der Waals surface area contributed by atoms with E-state index in [1.165, 1.54) is 27.7 Å². The number of hydrogen-bond acceptors (Lipinski definition) is 3. The van der Waals surface area contributed by atoms with Crippen molar-refractivity contribution in [2.24, 2.45) is 5.92 Å². The molecule has 2 aromatic carbocycles. The number of nitrogens with zero attached hydrogens (tertiary/aromatic N) is 2. The number of benzene rings is 2. The lowest BCUT2D eigenvalue weighted by molar-refractivity contribution is -0.139. The van der Waals surface area contributed by atoms with Crippen molar-refractivity contribution < 1.29 is 31.9 Å². The molecule has 2 heterocycles. The minimum absolute atomic E-state index is 0.0267. The number of para-hydroxylation sites is 1. The van der Waals surface area contributed by atoms with Crippen molar-refractivity contribution >= 4 is 40.0 Å². The van der Waals surface area contributed by atoms with Gasteiger partial charge in [-0.05, 0) is 42.9 Å². The molecule has 0 N–H and O–H groups in total. The molecule has 0 bridgehead atoms. The third-order valence-corrected chi connectivity index (χ3v) is 7.32. The number of hydrogen-bond donors (Lipinski definition) is 0. The van der Waals surface area contributed by atoms with Crippen LogP contribution in [0.3, 0.4) is 0 Å². The molecule has 5 rings (SSSR count). The predicted octanol–water partition coefficient (Wildman–Crippen LogP) is 5.37. The number of amides is 1. The summed E-state index contributed by atoms with van der Waals surface area (Å²) in [6, 6.07) is 9.91. The van der Waals surface area contributed by atoms with E-state index >= 15 is 0 Å². The fourth-order valence-corrected chi connectivity index (χ4v) is 5.40. The normalized spacial score (nSPS) is 21.0. The Morgan fingerprint density at radius 3 is 2.53 bits per heavy atom. The Morgan fingerprint density at radius 1 is 1.03 bits per heavy atom. The maximum atomic E-state index is 14.2. The lowest BCUT2D eigenvalue weighted by Gasteiger charge is -2.27. The topological polar surface area (TPSA) is 59.4 Å². The molecule has 0 spiro atoms. The third-order valence-electron chi connectivity index (χ3n) is 7.03. The second-order valence-corrected chi connectivity index (χ2v) is 9.72. The summed E-state index contributed by atoms with van der Waals surface area (Å²) in [4.78, 5) is 39.9. The van der Waals surface area contributed by atoms with E-state index in [-0.39, 0.29) is 47.5 Å². The highest BCUT2D eigenvalue weighted by molar-refractivity contribution is 6.30. The molecule has 1 aliphatic carbocycles. The van der Waals surface area contributed by atoms with Crippen molar-refractivity contribution in [3.8, 4) is 0 Å². The number of aryl methyl sites for hydroxylation is 1. The number of halogens is 5. The molecule has 1 aliphatic heterocycles. The number of aromatic nitrogens is 1. The summed E-state index contributed by atoms with van der Waals surface area (Å²) >= 11 is 5.81. The van der Waals surface area contributed by atoms with Crippen molar-refractivity contribution in [2.75, 3.05) is 0 Å². The minimum atomic E-state index is -5.05. The number of rotatable bonds is 7. The molecule has 5 nitrogen and oxygen atoms in total. The Kier molecular flexibility index (Phi) is 6.14. The van der Waals surface area contributed by atoms with Gasteiger partial charge in [0.15, 0.2) is 5.78 Å². The van der Waals surface area contributed by atoms with Gasteiger partial charge in [0, 0.05) is 29.6 Å². The van der Waals surface area contributed by atoms with Gasteiger partial charge in [-0.2, -0.15) is 13.2 Å². The fourth-order valence-electron chi connectivity index (χ4n) is 5.21. The first-order chi connectivity index (χ1) is 17.1. The van der Waals surface area contributed by atoms with Crippen molar-refractivity contribution in [2.45, 2.75) is 50.5 Å². The Morgan fingerprint density at radius 2 is 1.78 bits per heavy atom. The van der Waals surface area contributed by atoms with Crippen molar-refractivity contribution in [3.05, 3.63) is 70.6 Å². The second-order valence-electron chi connectivity index (χ2n) is 9.31. The van der Waals surface area contributed by atoms with E-state index in [2.05, 4.69) is 0 Å². The summed E-state index contributed by atoms with van der Waals surface area (Å²) in [5.41, 5.74) is 0.120. The first kappa shape index (κ1) is 24.5. The zero-order valence-corrected chi connectivity index (χ0v) is 19.7. The van der Waals surface area contributed by atoms with E-state index in [1.807, 2.05) is 0 Å². The zero-order valence-electron chi connectivity index (χ0n) is 18.9. The van der Waals surface area contributed by atoms with E-state index in [0.29, 0.717) is 17.5 Å². The molecule has 10 heteroatoms. The summed E-state index contributed by atoms with van der Waals surface area (Å²) in [7, 11) is 0. The molecule has 2 aliphatic rings. The smallest absolute Gasteiger partial charge is 0.337 e. The molecule has 0 radical (unpaired) electrons. The van der Waals surface area contributed by atoms with Gasteiger partial charge in [-0.1, -0.05) is 41.9 Å². The van der Waals surface area contributed by atoms with Crippen LogP contribution in [0.15, 0.2) is 48.7 Å². The van der Waals surface area contributed by atoms with Gasteiger partial charge in [-0.25, -0.2) is 4.39 Å². The van der Waals surface area contributed by atoms with E-state index in [4.69, 9.17) is 11.6 Å². The number of carbonyl (C=O) groups is 3. The molecule has 1 saturated carbocycles. The summed E-state index contributed by atoms with van der Waals surface area (Å²) in [6.07, 6.45) is -2.54. The van der Waals surface area contributed by atoms with Crippen LogP contribution in [0.25, 0.3) is 10.9 Å². The summed E-state index contributed by atoms with van der Waals surface area (Å²) in [6.45, 7) is -0.304. The fraction of sp³-hybridized carbons (Fsp3) is 0.346. The zero-order chi connectivity index (χ0) is 25.8. The molecule has 36 heavy (non-hydrogen) atoms. The van der Waals surface area contributed by atoms with Crippen LogP contribution in [-0.2, 0) is 22.6 Å². The monoisotopic (exact) mass is 520 g/mol. The lowest BCUT2D eigenvalue weighted by Crippen LogP contribution is -2.44. The largest absolute Gasteiger partial charge is 0.454 e. The van der Waals surface area contributed by atoms with Crippen molar-refractivity contribution in [3.63, 3.8) is 0 Å². The standard InChI is InChI=1S/C26H21ClF4N2O3/c27-18-6-3-4-14(24(18)28)8-9-22(34)21-11-15-10-20(15)33(21)23(35)13-32-12-17(25(36)26(29,30)31)16-5-1-2-7-19(16)32/h1-7,12,15,20-21H,8-11,13H2/t15-,20-,21+/m1/s1. The number of Topliss-reactive ketones (excluding diaryl/α,β-unsaturated/α-hetero) is 2.